The second-order valence-corrected chi connectivity index (χ2v) is 6.28. The zero-order valence-corrected chi connectivity index (χ0v) is 13.3. The minimum atomic E-state index is 0.0616. The Morgan fingerprint density at radius 3 is 2.26 bits per heavy atom. The summed E-state index contributed by atoms with van der Waals surface area (Å²) in [7, 11) is 0. The number of rotatable bonds is 4. The maximum Gasteiger partial charge on any atom is 0.0595 e. The highest BCUT2D eigenvalue weighted by atomic mass is 79.9. The minimum absolute atomic E-state index is 0.0616. The van der Waals surface area contributed by atoms with Gasteiger partial charge in [-0.15, -0.1) is 0 Å². The van der Waals surface area contributed by atoms with E-state index in [-0.39, 0.29) is 6.04 Å². The number of benzene rings is 2. The topological polar surface area (TPSA) is 26.0 Å². The van der Waals surface area contributed by atoms with Crippen molar-refractivity contribution in [3.8, 4) is 0 Å². The standard InChI is InChI=1S/C15H14BrCl2N/c16-12-3-1-2-10(6-12)7-13(19)8-11-4-5-14(17)15(18)9-11/h1-6,9,13H,7-8,19H2. The summed E-state index contributed by atoms with van der Waals surface area (Å²) in [6.45, 7) is 0. The van der Waals surface area contributed by atoms with E-state index in [2.05, 4.69) is 28.1 Å². The zero-order chi connectivity index (χ0) is 13.8. The molecule has 2 aromatic rings. The zero-order valence-electron chi connectivity index (χ0n) is 10.2. The monoisotopic (exact) mass is 357 g/mol. The predicted molar refractivity (Wildman–Crippen MR) is 86.0 cm³/mol. The molecule has 0 fully saturated rings. The highest BCUT2D eigenvalue weighted by Crippen LogP contribution is 2.23. The lowest BCUT2D eigenvalue weighted by Crippen LogP contribution is -2.25. The van der Waals surface area contributed by atoms with Crippen LogP contribution in [-0.2, 0) is 12.8 Å². The average Bonchev–Trinajstić information content (AvgIpc) is 2.34. The van der Waals surface area contributed by atoms with Gasteiger partial charge in [0.25, 0.3) is 0 Å². The van der Waals surface area contributed by atoms with E-state index in [1.807, 2.05) is 30.3 Å². The maximum absolute atomic E-state index is 6.18. The second kappa shape index (κ2) is 6.76. The first-order chi connectivity index (χ1) is 9.04. The van der Waals surface area contributed by atoms with Gasteiger partial charge in [0.05, 0.1) is 10.0 Å². The van der Waals surface area contributed by atoms with Crippen LogP contribution >= 0.6 is 39.1 Å². The van der Waals surface area contributed by atoms with Gasteiger partial charge in [0.15, 0.2) is 0 Å². The van der Waals surface area contributed by atoms with Crippen LogP contribution in [-0.4, -0.2) is 6.04 Å². The fourth-order valence-corrected chi connectivity index (χ4v) is 2.78. The molecule has 2 aromatic carbocycles. The van der Waals surface area contributed by atoms with Gasteiger partial charge in [-0.25, -0.2) is 0 Å². The first kappa shape index (κ1) is 14.9. The Hall–Kier alpha value is -0.540. The van der Waals surface area contributed by atoms with Crippen LogP contribution in [0, 0.1) is 0 Å². The van der Waals surface area contributed by atoms with Gasteiger partial charge in [-0.2, -0.15) is 0 Å². The summed E-state index contributed by atoms with van der Waals surface area (Å²) in [5.41, 5.74) is 8.52. The third-order valence-corrected chi connectivity index (χ3v) is 4.10. The Labute approximate surface area is 131 Å². The molecule has 100 valence electrons. The van der Waals surface area contributed by atoms with E-state index in [1.54, 1.807) is 0 Å². The quantitative estimate of drug-likeness (QED) is 0.828. The Bertz CT molecular complexity index is 572. The Kier molecular flexibility index (Phi) is 5.28. The normalized spacial score (nSPS) is 12.4. The van der Waals surface area contributed by atoms with Crippen molar-refractivity contribution >= 4 is 39.1 Å². The van der Waals surface area contributed by atoms with Crippen molar-refractivity contribution in [1.29, 1.82) is 0 Å². The van der Waals surface area contributed by atoms with Crippen LogP contribution < -0.4 is 5.73 Å². The van der Waals surface area contributed by atoms with Crippen molar-refractivity contribution in [3.63, 3.8) is 0 Å². The summed E-state index contributed by atoms with van der Waals surface area (Å²) in [5, 5.41) is 1.15. The number of halogens is 3. The van der Waals surface area contributed by atoms with Crippen LogP contribution in [0.15, 0.2) is 46.9 Å². The third kappa shape index (κ3) is 4.50. The van der Waals surface area contributed by atoms with Crippen LogP contribution in [0.1, 0.15) is 11.1 Å². The van der Waals surface area contributed by atoms with E-state index < -0.39 is 0 Å². The molecule has 4 heteroatoms. The van der Waals surface area contributed by atoms with E-state index >= 15 is 0 Å². The van der Waals surface area contributed by atoms with Crippen molar-refractivity contribution in [2.45, 2.75) is 18.9 Å². The highest BCUT2D eigenvalue weighted by Gasteiger charge is 2.07. The molecule has 0 radical (unpaired) electrons. The second-order valence-electron chi connectivity index (χ2n) is 4.55. The van der Waals surface area contributed by atoms with Crippen molar-refractivity contribution in [1.82, 2.24) is 0 Å². The summed E-state index contributed by atoms with van der Waals surface area (Å²) >= 11 is 15.4. The molecule has 0 saturated heterocycles. The van der Waals surface area contributed by atoms with Gasteiger partial charge in [0.2, 0.25) is 0 Å². The summed E-state index contributed by atoms with van der Waals surface area (Å²) in [4.78, 5) is 0. The summed E-state index contributed by atoms with van der Waals surface area (Å²) in [6, 6.07) is 13.9. The van der Waals surface area contributed by atoms with Gasteiger partial charge < -0.3 is 5.73 Å². The molecule has 0 heterocycles. The fraction of sp³-hybridized carbons (Fsp3) is 0.200. The molecule has 1 nitrogen and oxygen atoms in total. The molecule has 0 aliphatic heterocycles. The molecular weight excluding hydrogens is 345 g/mol. The van der Waals surface area contributed by atoms with Crippen LogP contribution in [0.2, 0.25) is 10.0 Å². The molecule has 1 atom stereocenters. The van der Waals surface area contributed by atoms with Crippen LogP contribution in [0.25, 0.3) is 0 Å². The molecule has 0 bridgehead atoms. The molecule has 2 rings (SSSR count). The van der Waals surface area contributed by atoms with Gasteiger partial charge in [0.1, 0.15) is 0 Å². The maximum atomic E-state index is 6.18. The van der Waals surface area contributed by atoms with E-state index in [0.29, 0.717) is 10.0 Å². The van der Waals surface area contributed by atoms with Crippen molar-refractivity contribution in [2.75, 3.05) is 0 Å². The Balaban J connectivity index is 2.01. The Morgan fingerprint density at radius 1 is 0.947 bits per heavy atom. The predicted octanol–water partition coefficient (Wildman–Crippen LogP) is 4.87. The first-order valence-electron chi connectivity index (χ1n) is 5.98. The lowest BCUT2D eigenvalue weighted by atomic mass is 10.00. The number of nitrogens with two attached hydrogens (primary N) is 1. The van der Waals surface area contributed by atoms with Crippen LogP contribution in [0.3, 0.4) is 0 Å². The van der Waals surface area contributed by atoms with Crippen molar-refractivity contribution < 1.29 is 0 Å². The van der Waals surface area contributed by atoms with E-state index in [4.69, 9.17) is 28.9 Å². The highest BCUT2D eigenvalue weighted by molar-refractivity contribution is 9.10. The van der Waals surface area contributed by atoms with Gasteiger partial charge in [-0.05, 0) is 48.2 Å². The lowest BCUT2D eigenvalue weighted by Gasteiger charge is -2.12. The molecule has 19 heavy (non-hydrogen) atoms. The molecule has 0 aliphatic carbocycles. The van der Waals surface area contributed by atoms with Crippen molar-refractivity contribution in [3.05, 3.63) is 68.1 Å². The van der Waals surface area contributed by atoms with Gasteiger partial charge in [-0.3, -0.25) is 0 Å². The van der Waals surface area contributed by atoms with Gasteiger partial charge >= 0.3 is 0 Å². The van der Waals surface area contributed by atoms with Crippen LogP contribution in [0.4, 0.5) is 0 Å². The molecule has 0 spiro atoms. The SMILES string of the molecule is NC(Cc1cccc(Br)c1)Cc1ccc(Cl)c(Cl)c1. The fourth-order valence-electron chi connectivity index (χ4n) is 2.01. The Morgan fingerprint density at radius 2 is 1.63 bits per heavy atom. The molecule has 1 unspecified atom stereocenters. The molecule has 0 aromatic heterocycles. The smallest absolute Gasteiger partial charge is 0.0595 e. The number of hydrogen-bond acceptors (Lipinski definition) is 1. The molecule has 0 amide bonds. The van der Waals surface area contributed by atoms with Gasteiger partial charge in [-0.1, -0.05) is 57.3 Å². The third-order valence-electron chi connectivity index (χ3n) is 2.87. The minimum Gasteiger partial charge on any atom is -0.327 e. The summed E-state index contributed by atoms with van der Waals surface area (Å²) in [5.74, 6) is 0. The number of hydrogen-bond donors (Lipinski definition) is 1. The molecule has 2 N–H and O–H groups in total. The van der Waals surface area contributed by atoms with E-state index in [9.17, 15) is 0 Å². The summed E-state index contributed by atoms with van der Waals surface area (Å²) in [6.07, 6.45) is 1.61. The first-order valence-corrected chi connectivity index (χ1v) is 7.53. The largest absolute Gasteiger partial charge is 0.327 e. The molecule has 0 aliphatic rings. The molecular formula is C15H14BrCl2N. The van der Waals surface area contributed by atoms with Crippen LogP contribution in [0.5, 0.6) is 0 Å². The van der Waals surface area contributed by atoms with E-state index in [1.165, 1.54) is 5.56 Å². The van der Waals surface area contributed by atoms with E-state index in [0.717, 1.165) is 22.9 Å². The van der Waals surface area contributed by atoms with Gasteiger partial charge in [0, 0.05) is 10.5 Å². The van der Waals surface area contributed by atoms with Crippen molar-refractivity contribution in [2.24, 2.45) is 5.73 Å². The lowest BCUT2D eigenvalue weighted by molar-refractivity contribution is 0.665. The average molecular weight is 359 g/mol. The summed E-state index contributed by atoms with van der Waals surface area (Å²) < 4.78 is 1.08. The molecule has 0 saturated carbocycles.